The van der Waals surface area contributed by atoms with Gasteiger partial charge in [0, 0.05) is 6.20 Å². The summed E-state index contributed by atoms with van der Waals surface area (Å²) in [6, 6.07) is 4.89. The highest BCUT2D eigenvalue weighted by atomic mass is 35.5. The van der Waals surface area contributed by atoms with Crippen LogP contribution in [0, 0.1) is 5.82 Å². The van der Waals surface area contributed by atoms with Crippen molar-refractivity contribution in [3.05, 3.63) is 51.9 Å². The SMILES string of the molecule is NC(=O)c1cc(Cl)cnc1Oc1ccc(F)cc1Cl. The summed E-state index contributed by atoms with van der Waals surface area (Å²) in [5, 5.41) is 0.290. The van der Waals surface area contributed by atoms with Gasteiger partial charge in [-0.15, -0.1) is 0 Å². The van der Waals surface area contributed by atoms with Crippen LogP contribution >= 0.6 is 23.2 Å². The number of carbonyl (C=O) groups is 1. The first kappa shape index (κ1) is 13.6. The predicted molar refractivity (Wildman–Crippen MR) is 69.2 cm³/mol. The van der Waals surface area contributed by atoms with Crippen LogP contribution in [-0.4, -0.2) is 10.9 Å². The van der Waals surface area contributed by atoms with Gasteiger partial charge >= 0.3 is 0 Å². The summed E-state index contributed by atoms with van der Waals surface area (Å²) in [4.78, 5) is 15.1. The third-order valence-electron chi connectivity index (χ3n) is 2.18. The van der Waals surface area contributed by atoms with Crippen LogP contribution in [0.4, 0.5) is 4.39 Å². The number of halogens is 3. The molecule has 2 N–H and O–H groups in total. The van der Waals surface area contributed by atoms with Crippen LogP contribution in [0.25, 0.3) is 0 Å². The highest BCUT2D eigenvalue weighted by Gasteiger charge is 2.14. The molecular weight excluding hydrogens is 294 g/mol. The molecule has 1 heterocycles. The number of primary amides is 1. The number of nitrogens with zero attached hydrogens (tertiary/aromatic N) is 1. The Morgan fingerprint density at radius 2 is 2.05 bits per heavy atom. The maximum atomic E-state index is 12.9. The fourth-order valence-corrected chi connectivity index (χ4v) is 1.71. The van der Waals surface area contributed by atoms with Gasteiger partial charge in [-0.2, -0.15) is 0 Å². The number of hydrogen-bond donors (Lipinski definition) is 1. The number of hydrogen-bond acceptors (Lipinski definition) is 3. The summed E-state index contributed by atoms with van der Waals surface area (Å²) in [5.74, 6) is -1.15. The molecule has 0 aliphatic rings. The second-order valence-corrected chi connectivity index (χ2v) is 4.39. The lowest BCUT2D eigenvalue weighted by atomic mass is 10.2. The van der Waals surface area contributed by atoms with E-state index in [9.17, 15) is 9.18 Å². The maximum Gasteiger partial charge on any atom is 0.254 e. The largest absolute Gasteiger partial charge is 0.437 e. The molecule has 0 saturated heterocycles. The van der Waals surface area contributed by atoms with Gasteiger partial charge in [0.25, 0.3) is 5.91 Å². The van der Waals surface area contributed by atoms with Gasteiger partial charge < -0.3 is 10.5 Å². The Kier molecular flexibility index (Phi) is 3.87. The van der Waals surface area contributed by atoms with Gasteiger partial charge in [0.15, 0.2) is 0 Å². The molecule has 1 aromatic carbocycles. The molecule has 7 heteroatoms. The first-order valence-electron chi connectivity index (χ1n) is 5.05. The Labute approximate surface area is 117 Å². The maximum absolute atomic E-state index is 12.9. The molecule has 0 bridgehead atoms. The van der Waals surface area contributed by atoms with Crippen LogP contribution in [0.3, 0.4) is 0 Å². The monoisotopic (exact) mass is 300 g/mol. The summed E-state index contributed by atoms with van der Waals surface area (Å²) < 4.78 is 18.2. The quantitative estimate of drug-likeness (QED) is 0.944. The fraction of sp³-hybridized carbons (Fsp3) is 0. The minimum absolute atomic E-state index is 0.00731. The molecule has 2 aromatic rings. The molecule has 0 spiro atoms. The summed E-state index contributed by atoms with van der Waals surface area (Å²) in [6.07, 6.45) is 1.29. The van der Waals surface area contributed by atoms with Crippen molar-refractivity contribution in [2.24, 2.45) is 5.73 Å². The molecule has 0 aliphatic heterocycles. The van der Waals surface area contributed by atoms with Gasteiger partial charge in [-0.3, -0.25) is 4.79 Å². The number of ether oxygens (including phenoxy) is 1. The van der Waals surface area contributed by atoms with Crippen molar-refractivity contribution < 1.29 is 13.9 Å². The number of pyridine rings is 1. The van der Waals surface area contributed by atoms with Gasteiger partial charge in [-0.25, -0.2) is 9.37 Å². The van der Waals surface area contributed by atoms with E-state index in [1.807, 2.05) is 0 Å². The number of aromatic nitrogens is 1. The summed E-state index contributed by atoms with van der Waals surface area (Å²) >= 11 is 11.5. The van der Waals surface area contributed by atoms with Gasteiger partial charge in [-0.1, -0.05) is 23.2 Å². The minimum Gasteiger partial charge on any atom is -0.437 e. The highest BCUT2D eigenvalue weighted by molar-refractivity contribution is 6.32. The van der Waals surface area contributed by atoms with Crippen molar-refractivity contribution in [2.75, 3.05) is 0 Å². The van der Waals surface area contributed by atoms with Crippen LogP contribution in [0.15, 0.2) is 30.5 Å². The summed E-state index contributed by atoms with van der Waals surface area (Å²) in [6.45, 7) is 0. The molecule has 98 valence electrons. The zero-order chi connectivity index (χ0) is 14.0. The Morgan fingerprint density at radius 3 is 2.68 bits per heavy atom. The standard InChI is InChI=1S/C12H7Cl2FN2O2/c13-6-3-8(11(16)18)12(17-5-6)19-10-2-1-7(15)4-9(10)14/h1-5H,(H2,16,18). The topological polar surface area (TPSA) is 65.2 Å². The van der Waals surface area contributed by atoms with Crippen molar-refractivity contribution >= 4 is 29.1 Å². The molecule has 1 amide bonds. The zero-order valence-corrected chi connectivity index (χ0v) is 10.9. The summed E-state index contributed by atoms with van der Waals surface area (Å²) in [5.41, 5.74) is 5.20. The normalized spacial score (nSPS) is 10.3. The van der Waals surface area contributed by atoms with Crippen molar-refractivity contribution in [3.63, 3.8) is 0 Å². The molecule has 0 saturated carbocycles. The number of amides is 1. The van der Waals surface area contributed by atoms with Crippen molar-refractivity contribution in [3.8, 4) is 11.6 Å². The Bertz CT molecular complexity index is 650. The predicted octanol–water partition coefficient (Wildman–Crippen LogP) is 3.42. The molecule has 0 fully saturated rings. The lowest BCUT2D eigenvalue weighted by Gasteiger charge is -2.09. The molecule has 19 heavy (non-hydrogen) atoms. The number of carbonyl (C=O) groups excluding carboxylic acids is 1. The van der Waals surface area contributed by atoms with E-state index in [0.717, 1.165) is 6.07 Å². The third kappa shape index (κ3) is 3.13. The second-order valence-electron chi connectivity index (χ2n) is 3.55. The summed E-state index contributed by atoms with van der Waals surface area (Å²) in [7, 11) is 0. The van der Waals surface area contributed by atoms with Crippen molar-refractivity contribution in [1.29, 1.82) is 0 Å². The van der Waals surface area contributed by atoms with Gasteiger partial charge in [0.05, 0.1) is 10.0 Å². The minimum atomic E-state index is -0.747. The lowest BCUT2D eigenvalue weighted by molar-refractivity contribution is 0.0997. The van der Waals surface area contributed by atoms with E-state index in [2.05, 4.69) is 4.98 Å². The van der Waals surface area contributed by atoms with E-state index in [1.165, 1.54) is 24.4 Å². The molecule has 2 rings (SSSR count). The smallest absolute Gasteiger partial charge is 0.254 e. The number of rotatable bonds is 3. The van der Waals surface area contributed by atoms with Crippen LogP contribution in [0.5, 0.6) is 11.6 Å². The van der Waals surface area contributed by atoms with Crippen LogP contribution in [-0.2, 0) is 0 Å². The van der Waals surface area contributed by atoms with E-state index in [4.69, 9.17) is 33.7 Å². The van der Waals surface area contributed by atoms with Crippen LogP contribution in [0.2, 0.25) is 10.0 Å². The Morgan fingerprint density at radius 1 is 1.32 bits per heavy atom. The van der Waals surface area contributed by atoms with Gasteiger partial charge in [-0.05, 0) is 24.3 Å². The van der Waals surface area contributed by atoms with Crippen LogP contribution < -0.4 is 10.5 Å². The van der Waals surface area contributed by atoms with E-state index >= 15 is 0 Å². The van der Waals surface area contributed by atoms with Crippen LogP contribution in [0.1, 0.15) is 10.4 Å². The number of nitrogens with two attached hydrogens (primary N) is 1. The first-order valence-corrected chi connectivity index (χ1v) is 5.81. The molecule has 0 radical (unpaired) electrons. The Balaban J connectivity index is 2.40. The number of benzene rings is 1. The van der Waals surface area contributed by atoms with E-state index in [-0.39, 0.29) is 27.2 Å². The van der Waals surface area contributed by atoms with Gasteiger partial charge in [0.1, 0.15) is 17.1 Å². The lowest BCUT2D eigenvalue weighted by Crippen LogP contribution is -2.13. The third-order valence-corrected chi connectivity index (χ3v) is 2.69. The molecule has 0 unspecified atom stereocenters. The molecule has 0 aliphatic carbocycles. The first-order chi connectivity index (χ1) is 8.97. The molecule has 1 aromatic heterocycles. The second kappa shape index (κ2) is 5.42. The van der Waals surface area contributed by atoms with Crippen molar-refractivity contribution in [1.82, 2.24) is 4.98 Å². The van der Waals surface area contributed by atoms with Crippen molar-refractivity contribution in [2.45, 2.75) is 0 Å². The average Bonchev–Trinajstić information content (AvgIpc) is 2.34. The zero-order valence-electron chi connectivity index (χ0n) is 9.36. The average molecular weight is 301 g/mol. The van der Waals surface area contributed by atoms with E-state index < -0.39 is 11.7 Å². The van der Waals surface area contributed by atoms with E-state index in [1.54, 1.807) is 0 Å². The molecular formula is C12H7Cl2FN2O2. The van der Waals surface area contributed by atoms with Gasteiger partial charge in [0.2, 0.25) is 5.88 Å². The Hall–Kier alpha value is -1.85. The molecule has 4 nitrogen and oxygen atoms in total. The highest BCUT2D eigenvalue weighted by Crippen LogP contribution is 2.31. The van der Waals surface area contributed by atoms with E-state index in [0.29, 0.717) is 0 Å². The fourth-order valence-electron chi connectivity index (χ4n) is 1.35. The molecule has 0 atom stereocenters.